The number of esters is 3. The first kappa shape index (κ1) is 66.4. The molecule has 0 fully saturated rings. The molecule has 68 heavy (non-hydrogen) atoms. The van der Waals surface area contributed by atoms with Gasteiger partial charge in [-0.3, -0.25) is 14.4 Å². The van der Waals surface area contributed by atoms with E-state index < -0.39 is 6.10 Å². The third-order valence-corrected chi connectivity index (χ3v) is 14.3. The summed E-state index contributed by atoms with van der Waals surface area (Å²) in [5, 5.41) is 0. The average molecular weight is 962 g/mol. The number of ether oxygens (including phenoxy) is 3. The van der Waals surface area contributed by atoms with E-state index in [2.05, 4.69) is 27.7 Å². The average Bonchev–Trinajstić information content (AvgIpc) is 3.32. The van der Waals surface area contributed by atoms with E-state index in [9.17, 15) is 14.4 Å². The number of unbranched alkanes of at least 4 members (excludes halogenated alkanes) is 44. The van der Waals surface area contributed by atoms with Gasteiger partial charge in [-0.25, -0.2) is 0 Å². The van der Waals surface area contributed by atoms with Crippen LogP contribution in [0, 0.1) is 5.92 Å². The zero-order valence-electron chi connectivity index (χ0n) is 46.6. The van der Waals surface area contributed by atoms with Crippen LogP contribution in [-0.2, 0) is 28.6 Å². The van der Waals surface area contributed by atoms with Gasteiger partial charge < -0.3 is 14.2 Å². The quantitative estimate of drug-likeness (QED) is 0.0343. The molecule has 6 nitrogen and oxygen atoms in total. The van der Waals surface area contributed by atoms with Crippen LogP contribution in [0.2, 0.25) is 0 Å². The summed E-state index contributed by atoms with van der Waals surface area (Å²) in [6.45, 7) is 9.09. The lowest BCUT2D eigenvalue weighted by atomic mass is 10.0. The SMILES string of the molecule is CCCCCCCCCCCCCCCCCC(=O)OC[C@H](COC(=O)CCCCCCCCCCCCCCCCCCCCC(C)C)OC(=O)CCCCCCCCCCCCCCCC. The molecule has 6 heteroatoms. The number of hydrogen-bond acceptors (Lipinski definition) is 6. The summed E-state index contributed by atoms with van der Waals surface area (Å²) in [7, 11) is 0. The summed E-state index contributed by atoms with van der Waals surface area (Å²) in [4.78, 5) is 38.2. The molecule has 0 saturated carbocycles. The largest absolute Gasteiger partial charge is 0.462 e. The summed E-state index contributed by atoms with van der Waals surface area (Å²) in [5.41, 5.74) is 0. The van der Waals surface area contributed by atoms with Crippen molar-refractivity contribution in [1.29, 1.82) is 0 Å². The molecule has 0 radical (unpaired) electrons. The van der Waals surface area contributed by atoms with E-state index in [-0.39, 0.29) is 31.1 Å². The van der Waals surface area contributed by atoms with Crippen molar-refractivity contribution in [2.45, 2.75) is 361 Å². The summed E-state index contributed by atoms with van der Waals surface area (Å²) in [5.74, 6) is 0.0293. The van der Waals surface area contributed by atoms with Crippen molar-refractivity contribution in [3.05, 3.63) is 0 Å². The van der Waals surface area contributed by atoms with Crippen molar-refractivity contribution in [3.8, 4) is 0 Å². The first-order chi connectivity index (χ1) is 33.4. The smallest absolute Gasteiger partial charge is 0.306 e. The zero-order chi connectivity index (χ0) is 49.5. The highest BCUT2D eigenvalue weighted by molar-refractivity contribution is 5.71. The fraction of sp³-hybridized carbons (Fsp3) is 0.952. The van der Waals surface area contributed by atoms with Crippen LogP contribution >= 0.6 is 0 Å². The normalized spacial score (nSPS) is 12.0. The molecule has 0 unspecified atom stereocenters. The van der Waals surface area contributed by atoms with E-state index in [0.29, 0.717) is 19.3 Å². The summed E-state index contributed by atoms with van der Waals surface area (Å²) in [6.07, 6.45) is 62.4. The maximum Gasteiger partial charge on any atom is 0.306 e. The molecule has 0 aliphatic carbocycles. The van der Waals surface area contributed by atoms with Gasteiger partial charge >= 0.3 is 17.9 Å². The highest BCUT2D eigenvalue weighted by Crippen LogP contribution is 2.18. The van der Waals surface area contributed by atoms with E-state index in [0.717, 1.165) is 63.7 Å². The molecular weight excluding hydrogens is 841 g/mol. The lowest BCUT2D eigenvalue weighted by Crippen LogP contribution is -2.30. The van der Waals surface area contributed by atoms with Gasteiger partial charge in [0.15, 0.2) is 6.10 Å². The predicted octanol–water partition coefficient (Wildman–Crippen LogP) is 20.6. The molecule has 0 bridgehead atoms. The molecule has 0 rings (SSSR count). The Morgan fingerprint density at radius 1 is 0.279 bits per heavy atom. The van der Waals surface area contributed by atoms with E-state index in [1.807, 2.05) is 0 Å². The molecule has 0 saturated heterocycles. The van der Waals surface area contributed by atoms with Crippen molar-refractivity contribution >= 4 is 17.9 Å². The molecule has 0 heterocycles. The molecular formula is C62H120O6. The van der Waals surface area contributed by atoms with E-state index in [1.165, 1.54) is 250 Å². The summed E-state index contributed by atoms with van der Waals surface area (Å²) < 4.78 is 16.9. The second-order valence-corrected chi connectivity index (χ2v) is 21.8. The molecule has 0 aliphatic heterocycles. The Hall–Kier alpha value is -1.59. The predicted molar refractivity (Wildman–Crippen MR) is 293 cm³/mol. The van der Waals surface area contributed by atoms with Crippen molar-refractivity contribution in [2.24, 2.45) is 5.92 Å². The Kier molecular flexibility index (Phi) is 55.0. The molecule has 0 aromatic rings. The van der Waals surface area contributed by atoms with Crippen LogP contribution in [-0.4, -0.2) is 37.2 Å². The van der Waals surface area contributed by atoms with Crippen LogP contribution < -0.4 is 0 Å². The fourth-order valence-corrected chi connectivity index (χ4v) is 9.63. The maximum atomic E-state index is 12.9. The van der Waals surface area contributed by atoms with Gasteiger partial charge in [-0.1, -0.05) is 317 Å². The van der Waals surface area contributed by atoms with Crippen LogP contribution in [0.25, 0.3) is 0 Å². The highest BCUT2D eigenvalue weighted by Gasteiger charge is 2.19. The van der Waals surface area contributed by atoms with Gasteiger partial charge in [-0.2, -0.15) is 0 Å². The van der Waals surface area contributed by atoms with Crippen molar-refractivity contribution in [3.63, 3.8) is 0 Å². The second-order valence-electron chi connectivity index (χ2n) is 21.8. The Bertz CT molecular complexity index is 1030. The lowest BCUT2D eigenvalue weighted by molar-refractivity contribution is -0.167. The first-order valence-corrected chi connectivity index (χ1v) is 30.9. The molecule has 0 N–H and O–H groups in total. The van der Waals surface area contributed by atoms with Gasteiger partial charge in [0.05, 0.1) is 0 Å². The standard InChI is InChI=1S/C62H120O6/c1-5-7-9-11-13-15-17-19-25-30-33-37-41-45-49-53-60(63)66-56-59(68-62(65)55-51-47-43-39-35-29-20-18-16-14-12-10-8-6-2)57-67-61(64)54-50-46-42-38-34-31-27-24-22-21-23-26-28-32-36-40-44-48-52-58(3)4/h58-59H,5-57H2,1-4H3/t59-/m1/s1. The summed E-state index contributed by atoms with van der Waals surface area (Å²) >= 11 is 0. The number of rotatable bonds is 57. The maximum absolute atomic E-state index is 12.9. The first-order valence-electron chi connectivity index (χ1n) is 30.9. The van der Waals surface area contributed by atoms with Crippen molar-refractivity contribution in [1.82, 2.24) is 0 Å². The van der Waals surface area contributed by atoms with Gasteiger partial charge in [-0.15, -0.1) is 0 Å². The Morgan fingerprint density at radius 3 is 0.721 bits per heavy atom. The van der Waals surface area contributed by atoms with Crippen LogP contribution in [0.1, 0.15) is 355 Å². The van der Waals surface area contributed by atoms with Crippen molar-refractivity contribution in [2.75, 3.05) is 13.2 Å². The number of carbonyl (C=O) groups is 3. The minimum atomic E-state index is -0.762. The Balaban J connectivity index is 4.24. The molecule has 0 aromatic carbocycles. The van der Waals surface area contributed by atoms with Crippen LogP contribution in [0.4, 0.5) is 0 Å². The topological polar surface area (TPSA) is 78.9 Å². The number of hydrogen-bond donors (Lipinski definition) is 0. The van der Waals surface area contributed by atoms with Crippen LogP contribution in [0.15, 0.2) is 0 Å². The molecule has 0 aromatic heterocycles. The van der Waals surface area contributed by atoms with E-state index >= 15 is 0 Å². The molecule has 1 atom stereocenters. The van der Waals surface area contributed by atoms with Gasteiger partial charge in [0.2, 0.25) is 0 Å². The van der Waals surface area contributed by atoms with Gasteiger partial charge in [0.25, 0.3) is 0 Å². The zero-order valence-corrected chi connectivity index (χ0v) is 46.6. The minimum Gasteiger partial charge on any atom is -0.462 e. The van der Waals surface area contributed by atoms with Crippen LogP contribution in [0.5, 0.6) is 0 Å². The van der Waals surface area contributed by atoms with E-state index in [1.54, 1.807) is 0 Å². The molecule has 404 valence electrons. The van der Waals surface area contributed by atoms with E-state index in [4.69, 9.17) is 14.2 Å². The van der Waals surface area contributed by atoms with Crippen molar-refractivity contribution < 1.29 is 28.6 Å². The van der Waals surface area contributed by atoms with Gasteiger partial charge in [0, 0.05) is 19.3 Å². The third kappa shape index (κ3) is 55.3. The van der Waals surface area contributed by atoms with Gasteiger partial charge in [0.1, 0.15) is 13.2 Å². The van der Waals surface area contributed by atoms with Crippen LogP contribution in [0.3, 0.4) is 0 Å². The summed E-state index contributed by atoms with van der Waals surface area (Å²) in [6, 6.07) is 0. The molecule has 0 spiro atoms. The Labute approximate surface area is 425 Å². The molecule has 0 amide bonds. The fourth-order valence-electron chi connectivity index (χ4n) is 9.63. The minimum absolute atomic E-state index is 0.0613. The monoisotopic (exact) mass is 961 g/mol. The lowest BCUT2D eigenvalue weighted by Gasteiger charge is -2.18. The third-order valence-electron chi connectivity index (χ3n) is 14.3. The van der Waals surface area contributed by atoms with Gasteiger partial charge in [-0.05, 0) is 25.2 Å². The molecule has 0 aliphatic rings. The second kappa shape index (κ2) is 56.3. The highest BCUT2D eigenvalue weighted by atomic mass is 16.6. The number of carbonyl (C=O) groups excluding carboxylic acids is 3. The Morgan fingerprint density at radius 2 is 0.485 bits per heavy atom.